The number of rotatable bonds is 5. The molecule has 2 rings (SSSR count). The van der Waals surface area contributed by atoms with E-state index >= 15 is 0 Å². The van der Waals surface area contributed by atoms with Gasteiger partial charge in [-0.15, -0.1) is 0 Å². The van der Waals surface area contributed by atoms with Crippen LogP contribution < -0.4 is 10.2 Å². The molecule has 0 unspecified atom stereocenters. The van der Waals surface area contributed by atoms with Gasteiger partial charge in [0.2, 0.25) is 5.91 Å². The predicted octanol–water partition coefficient (Wildman–Crippen LogP) is 4.69. The zero-order valence-electron chi connectivity index (χ0n) is 18.1. The maximum Gasteiger partial charge on any atom is 0.251 e. The summed E-state index contributed by atoms with van der Waals surface area (Å²) in [6, 6.07) is 11.9. The van der Waals surface area contributed by atoms with Crippen LogP contribution >= 0.6 is 0 Å². The molecule has 0 aliphatic carbocycles. The summed E-state index contributed by atoms with van der Waals surface area (Å²) in [7, 11) is 0. The van der Waals surface area contributed by atoms with Gasteiger partial charge >= 0.3 is 0 Å². The lowest BCUT2D eigenvalue weighted by molar-refractivity contribution is -0.116. The van der Waals surface area contributed by atoms with Crippen LogP contribution in [0.4, 0.5) is 5.69 Å². The highest BCUT2D eigenvalue weighted by atomic mass is 16.2. The number of anilines is 1. The van der Waals surface area contributed by atoms with Crippen LogP contribution in [0.25, 0.3) is 0 Å². The zero-order chi connectivity index (χ0) is 21.1. The average molecular weight is 381 g/mol. The average Bonchev–Trinajstić information content (AvgIpc) is 2.58. The highest BCUT2D eigenvalue weighted by Gasteiger charge is 2.17. The summed E-state index contributed by atoms with van der Waals surface area (Å²) < 4.78 is 0. The number of carbonyl (C=O) groups is 2. The van der Waals surface area contributed by atoms with E-state index < -0.39 is 0 Å². The topological polar surface area (TPSA) is 49.4 Å². The third-order valence-corrected chi connectivity index (χ3v) is 4.92. The molecular formula is C24H32N2O2. The fourth-order valence-corrected chi connectivity index (χ4v) is 3.53. The van der Waals surface area contributed by atoms with E-state index in [1.807, 2.05) is 45.0 Å². The first-order valence-electron chi connectivity index (χ1n) is 9.75. The first kappa shape index (κ1) is 21.7. The minimum atomic E-state index is -0.124. The molecule has 0 aromatic heterocycles. The molecule has 150 valence electrons. The molecule has 0 saturated heterocycles. The Hall–Kier alpha value is -2.62. The third-order valence-electron chi connectivity index (χ3n) is 4.92. The van der Waals surface area contributed by atoms with E-state index in [0.717, 1.165) is 16.8 Å². The molecule has 0 fully saturated rings. The van der Waals surface area contributed by atoms with Crippen molar-refractivity contribution in [3.8, 4) is 0 Å². The number of hydrogen-bond donors (Lipinski definition) is 1. The Morgan fingerprint density at radius 2 is 1.50 bits per heavy atom. The van der Waals surface area contributed by atoms with E-state index in [9.17, 15) is 9.59 Å². The van der Waals surface area contributed by atoms with Crippen molar-refractivity contribution in [3.63, 3.8) is 0 Å². The van der Waals surface area contributed by atoms with Gasteiger partial charge in [-0.25, -0.2) is 0 Å². The number of aryl methyl sites for hydroxylation is 3. The number of hydrogen-bond acceptors (Lipinski definition) is 2. The molecule has 0 saturated carbocycles. The van der Waals surface area contributed by atoms with Gasteiger partial charge in [0.25, 0.3) is 5.91 Å². The molecule has 28 heavy (non-hydrogen) atoms. The van der Waals surface area contributed by atoms with E-state index in [2.05, 4.69) is 38.2 Å². The lowest BCUT2D eigenvalue weighted by atomic mass is 9.87. The predicted molar refractivity (Wildman–Crippen MR) is 116 cm³/mol. The summed E-state index contributed by atoms with van der Waals surface area (Å²) in [5, 5.41) is 2.93. The SMILES string of the molecule is CC(=O)N(CCNC(=O)c1ccc(C(C)(C)C)cc1)c1c(C)cc(C)cc1C. The van der Waals surface area contributed by atoms with Crippen molar-refractivity contribution in [3.05, 3.63) is 64.2 Å². The first-order valence-corrected chi connectivity index (χ1v) is 9.75. The highest BCUT2D eigenvalue weighted by molar-refractivity contribution is 5.95. The van der Waals surface area contributed by atoms with Gasteiger partial charge in [-0.3, -0.25) is 9.59 Å². The van der Waals surface area contributed by atoms with Crippen LogP contribution in [-0.4, -0.2) is 24.9 Å². The second kappa shape index (κ2) is 8.59. The van der Waals surface area contributed by atoms with E-state index in [0.29, 0.717) is 18.7 Å². The summed E-state index contributed by atoms with van der Waals surface area (Å²) >= 11 is 0. The van der Waals surface area contributed by atoms with Crippen LogP contribution in [-0.2, 0) is 10.2 Å². The van der Waals surface area contributed by atoms with E-state index in [-0.39, 0.29) is 17.2 Å². The lowest BCUT2D eigenvalue weighted by Crippen LogP contribution is -2.38. The molecule has 0 aliphatic rings. The van der Waals surface area contributed by atoms with Crippen molar-refractivity contribution in [1.82, 2.24) is 5.32 Å². The normalized spacial score (nSPS) is 11.2. The molecule has 0 heterocycles. The molecule has 1 N–H and O–H groups in total. The van der Waals surface area contributed by atoms with Crippen molar-refractivity contribution in [2.24, 2.45) is 0 Å². The summed E-state index contributed by atoms with van der Waals surface area (Å²) in [5.41, 5.74) is 6.12. The van der Waals surface area contributed by atoms with Gasteiger partial charge in [-0.2, -0.15) is 0 Å². The highest BCUT2D eigenvalue weighted by Crippen LogP contribution is 2.26. The van der Waals surface area contributed by atoms with Crippen molar-refractivity contribution < 1.29 is 9.59 Å². The summed E-state index contributed by atoms with van der Waals surface area (Å²) in [5.74, 6) is -0.153. The van der Waals surface area contributed by atoms with E-state index in [1.165, 1.54) is 11.1 Å². The molecule has 4 nitrogen and oxygen atoms in total. The first-order chi connectivity index (χ1) is 13.0. The smallest absolute Gasteiger partial charge is 0.251 e. The van der Waals surface area contributed by atoms with Gasteiger partial charge in [-0.1, -0.05) is 50.6 Å². The third kappa shape index (κ3) is 5.22. The van der Waals surface area contributed by atoms with Crippen molar-refractivity contribution in [1.29, 1.82) is 0 Å². The molecule has 0 aliphatic heterocycles. The minimum absolute atomic E-state index is 0.0289. The number of benzene rings is 2. The molecule has 4 heteroatoms. The monoisotopic (exact) mass is 380 g/mol. The Balaban J connectivity index is 2.06. The molecule has 0 atom stereocenters. The van der Waals surface area contributed by atoms with Gasteiger partial charge in [0.1, 0.15) is 0 Å². The van der Waals surface area contributed by atoms with Gasteiger partial charge in [0.05, 0.1) is 0 Å². The zero-order valence-corrected chi connectivity index (χ0v) is 18.1. The fourth-order valence-electron chi connectivity index (χ4n) is 3.53. The number of amides is 2. The summed E-state index contributed by atoms with van der Waals surface area (Å²) in [6.45, 7) is 14.9. The van der Waals surface area contributed by atoms with Crippen LogP contribution in [0.3, 0.4) is 0 Å². The second-order valence-electron chi connectivity index (χ2n) is 8.50. The van der Waals surface area contributed by atoms with Crippen LogP contribution in [0, 0.1) is 20.8 Å². The van der Waals surface area contributed by atoms with Crippen LogP contribution in [0.5, 0.6) is 0 Å². The van der Waals surface area contributed by atoms with Crippen LogP contribution in [0.1, 0.15) is 60.3 Å². The Bertz CT molecular complexity index is 838. The minimum Gasteiger partial charge on any atom is -0.350 e. The molecule has 0 bridgehead atoms. The van der Waals surface area contributed by atoms with Gasteiger partial charge in [0.15, 0.2) is 0 Å². The summed E-state index contributed by atoms with van der Waals surface area (Å²) in [6.07, 6.45) is 0. The van der Waals surface area contributed by atoms with Crippen molar-refractivity contribution in [2.45, 2.75) is 53.9 Å². The van der Waals surface area contributed by atoms with Crippen molar-refractivity contribution in [2.75, 3.05) is 18.0 Å². The number of nitrogens with one attached hydrogen (secondary N) is 1. The Morgan fingerprint density at radius 1 is 0.964 bits per heavy atom. The van der Waals surface area contributed by atoms with E-state index in [4.69, 9.17) is 0 Å². The largest absolute Gasteiger partial charge is 0.350 e. The quantitative estimate of drug-likeness (QED) is 0.818. The van der Waals surface area contributed by atoms with Gasteiger partial charge < -0.3 is 10.2 Å². The maximum absolute atomic E-state index is 12.5. The lowest BCUT2D eigenvalue weighted by Gasteiger charge is -2.25. The maximum atomic E-state index is 12.5. The molecule has 0 radical (unpaired) electrons. The Kier molecular flexibility index (Phi) is 6.65. The van der Waals surface area contributed by atoms with Gasteiger partial charge in [0, 0.05) is 31.3 Å². The number of nitrogens with zero attached hydrogens (tertiary/aromatic N) is 1. The molecule has 2 aromatic rings. The molecule has 0 spiro atoms. The standard InChI is InChI=1S/C24H32N2O2/c1-16-14-17(2)22(18(3)15-16)26(19(4)27)13-12-25-23(28)20-8-10-21(11-9-20)24(5,6)7/h8-11,14-15H,12-13H2,1-7H3,(H,25,28). The molecule has 2 amide bonds. The Labute approximate surface area is 169 Å². The number of carbonyl (C=O) groups excluding carboxylic acids is 2. The van der Waals surface area contributed by atoms with Crippen molar-refractivity contribution >= 4 is 17.5 Å². The van der Waals surface area contributed by atoms with E-state index in [1.54, 1.807) is 11.8 Å². The summed E-state index contributed by atoms with van der Waals surface area (Å²) in [4.78, 5) is 26.4. The fraction of sp³-hybridized carbons (Fsp3) is 0.417. The van der Waals surface area contributed by atoms with Crippen LogP contribution in [0.2, 0.25) is 0 Å². The van der Waals surface area contributed by atoms with Gasteiger partial charge in [-0.05, 0) is 55.0 Å². The second-order valence-corrected chi connectivity index (χ2v) is 8.50. The van der Waals surface area contributed by atoms with Crippen LogP contribution in [0.15, 0.2) is 36.4 Å². The Morgan fingerprint density at radius 3 is 1.96 bits per heavy atom. The molecule has 2 aromatic carbocycles. The molecular weight excluding hydrogens is 348 g/mol.